The number of aromatic amines is 1. The smallest absolute Gasteiger partial charge is 0.272 e. The van der Waals surface area contributed by atoms with Crippen LogP contribution in [0.15, 0.2) is 67.1 Å². The normalized spacial score (nSPS) is 10.7. The molecule has 4 rings (SSSR count). The van der Waals surface area contributed by atoms with Crippen LogP contribution in [0.25, 0.3) is 10.8 Å². The van der Waals surface area contributed by atoms with Gasteiger partial charge in [-0.1, -0.05) is 0 Å². The molecule has 29 heavy (non-hydrogen) atoms. The zero-order valence-electron chi connectivity index (χ0n) is 15.1. The molecule has 4 aromatic rings. The molecule has 2 heterocycles. The molecule has 0 aliphatic carbocycles. The first-order chi connectivity index (χ1) is 14.0. The largest absolute Gasteiger partial charge is 0.366 e. The second-order valence-electron chi connectivity index (χ2n) is 6.33. The first-order valence-corrected chi connectivity index (χ1v) is 8.70. The highest BCUT2D eigenvalue weighted by atomic mass is 19.1. The fourth-order valence-electron chi connectivity index (χ4n) is 2.95. The van der Waals surface area contributed by atoms with Gasteiger partial charge in [-0.15, -0.1) is 0 Å². The second kappa shape index (κ2) is 7.43. The van der Waals surface area contributed by atoms with Gasteiger partial charge in [0.15, 0.2) is 0 Å². The van der Waals surface area contributed by atoms with Gasteiger partial charge in [0.05, 0.1) is 11.3 Å². The summed E-state index contributed by atoms with van der Waals surface area (Å²) in [7, 11) is 0. The number of benzene rings is 2. The Morgan fingerprint density at radius 2 is 1.76 bits per heavy atom. The Kier molecular flexibility index (Phi) is 4.66. The number of nitrogens with one attached hydrogen (secondary N) is 3. The summed E-state index contributed by atoms with van der Waals surface area (Å²) in [6.07, 6.45) is 4.67. The quantitative estimate of drug-likeness (QED) is 0.416. The summed E-state index contributed by atoms with van der Waals surface area (Å²) in [6, 6.07) is 12.8. The van der Waals surface area contributed by atoms with E-state index in [1.807, 2.05) is 12.1 Å². The van der Waals surface area contributed by atoms with E-state index in [0.29, 0.717) is 5.69 Å². The molecular formula is C21H16FN5O2. The third-order valence-electron chi connectivity index (χ3n) is 4.40. The van der Waals surface area contributed by atoms with Crippen LogP contribution in [0.4, 0.5) is 21.5 Å². The lowest BCUT2D eigenvalue weighted by Crippen LogP contribution is -2.13. The summed E-state index contributed by atoms with van der Waals surface area (Å²) >= 11 is 0. The van der Waals surface area contributed by atoms with Crippen molar-refractivity contribution in [3.8, 4) is 0 Å². The lowest BCUT2D eigenvalue weighted by atomic mass is 10.1. The number of primary amides is 1. The SMILES string of the molecule is NC(=O)c1c[nH]c(C(=O)Nc2ccc(Nc3ccc(F)cc3)c3ccncc23)c1. The summed E-state index contributed by atoms with van der Waals surface area (Å²) in [6.45, 7) is 0. The van der Waals surface area contributed by atoms with Crippen LogP contribution in [0.1, 0.15) is 20.8 Å². The number of nitrogens with zero attached hydrogens (tertiary/aromatic N) is 1. The predicted molar refractivity (Wildman–Crippen MR) is 109 cm³/mol. The number of fused-ring (bicyclic) bond motifs is 1. The average molecular weight is 389 g/mol. The molecule has 0 aliphatic rings. The number of carbonyl (C=O) groups is 2. The van der Waals surface area contributed by atoms with Crippen molar-refractivity contribution in [3.63, 3.8) is 0 Å². The Morgan fingerprint density at radius 1 is 1.00 bits per heavy atom. The van der Waals surface area contributed by atoms with Crippen LogP contribution in [0, 0.1) is 5.82 Å². The Bertz CT molecular complexity index is 1220. The Labute approximate surface area is 164 Å². The maximum Gasteiger partial charge on any atom is 0.272 e. The number of nitrogens with two attached hydrogens (primary N) is 1. The highest BCUT2D eigenvalue weighted by Gasteiger charge is 2.14. The number of H-pyrrole nitrogens is 1. The molecule has 0 spiro atoms. The molecule has 2 aromatic heterocycles. The molecule has 0 aliphatic heterocycles. The lowest BCUT2D eigenvalue weighted by Gasteiger charge is -2.13. The van der Waals surface area contributed by atoms with E-state index in [0.717, 1.165) is 22.1 Å². The van der Waals surface area contributed by atoms with Crippen molar-refractivity contribution in [2.45, 2.75) is 0 Å². The number of hydrogen-bond acceptors (Lipinski definition) is 4. The zero-order chi connectivity index (χ0) is 20.4. The predicted octanol–water partition coefficient (Wildman–Crippen LogP) is 3.80. The first-order valence-electron chi connectivity index (χ1n) is 8.70. The van der Waals surface area contributed by atoms with Gasteiger partial charge >= 0.3 is 0 Å². The number of pyridine rings is 1. The van der Waals surface area contributed by atoms with Crippen molar-refractivity contribution >= 4 is 39.6 Å². The molecule has 0 fully saturated rings. The van der Waals surface area contributed by atoms with E-state index in [9.17, 15) is 14.0 Å². The van der Waals surface area contributed by atoms with E-state index < -0.39 is 11.8 Å². The van der Waals surface area contributed by atoms with Crippen molar-refractivity contribution in [2.75, 3.05) is 10.6 Å². The minimum Gasteiger partial charge on any atom is -0.366 e. The van der Waals surface area contributed by atoms with Crippen molar-refractivity contribution in [3.05, 3.63) is 84.2 Å². The molecule has 5 N–H and O–H groups in total. The van der Waals surface area contributed by atoms with Gasteiger partial charge in [-0.05, 0) is 48.5 Å². The van der Waals surface area contributed by atoms with Crippen LogP contribution in [0.5, 0.6) is 0 Å². The third-order valence-corrected chi connectivity index (χ3v) is 4.40. The molecule has 0 bridgehead atoms. The Morgan fingerprint density at radius 3 is 2.48 bits per heavy atom. The Balaban J connectivity index is 1.64. The molecule has 0 radical (unpaired) electrons. The maximum absolute atomic E-state index is 13.1. The van der Waals surface area contributed by atoms with Gasteiger partial charge in [0.1, 0.15) is 11.5 Å². The topological polar surface area (TPSA) is 113 Å². The van der Waals surface area contributed by atoms with Gasteiger partial charge in [-0.3, -0.25) is 14.6 Å². The van der Waals surface area contributed by atoms with E-state index in [1.165, 1.54) is 24.4 Å². The molecule has 0 unspecified atom stereocenters. The van der Waals surface area contributed by atoms with Gasteiger partial charge < -0.3 is 21.4 Å². The molecule has 0 atom stereocenters. The van der Waals surface area contributed by atoms with Crippen LogP contribution in [0.2, 0.25) is 0 Å². The van der Waals surface area contributed by atoms with E-state index in [2.05, 4.69) is 20.6 Å². The fourth-order valence-corrected chi connectivity index (χ4v) is 2.95. The maximum atomic E-state index is 13.1. The molecular weight excluding hydrogens is 373 g/mol. The molecule has 8 heteroatoms. The van der Waals surface area contributed by atoms with Crippen molar-refractivity contribution in [2.24, 2.45) is 5.73 Å². The van der Waals surface area contributed by atoms with Gasteiger partial charge in [0.2, 0.25) is 5.91 Å². The fraction of sp³-hybridized carbons (Fsp3) is 0. The van der Waals surface area contributed by atoms with E-state index >= 15 is 0 Å². The number of hydrogen-bond donors (Lipinski definition) is 4. The van der Waals surface area contributed by atoms with E-state index in [4.69, 9.17) is 5.73 Å². The highest BCUT2D eigenvalue weighted by Crippen LogP contribution is 2.31. The summed E-state index contributed by atoms with van der Waals surface area (Å²) in [4.78, 5) is 30.6. The number of amides is 2. The van der Waals surface area contributed by atoms with E-state index in [-0.39, 0.29) is 17.1 Å². The molecule has 2 amide bonds. The van der Waals surface area contributed by atoms with Gasteiger partial charge in [-0.25, -0.2) is 4.39 Å². The molecule has 144 valence electrons. The molecule has 0 saturated heterocycles. The first kappa shape index (κ1) is 18.2. The zero-order valence-corrected chi connectivity index (χ0v) is 15.1. The summed E-state index contributed by atoms with van der Waals surface area (Å²) in [5.41, 5.74) is 7.71. The van der Waals surface area contributed by atoms with Gasteiger partial charge in [-0.2, -0.15) is 0 Å². The summed E-state index contributed by atoms with van der Waals surface area (Å²) in [5, 5.41) is 7.59. The Hall–Kier alpha value is -4.20. The minimum absolute atomic E-state index is 0.212. The van der Waals surface area contributed by atoms with Crippen LogP contribution >= 0.6 is 0 Å². The summed E-state index contributed by atoms with van der Waals surface area (Å²) in [5.74, 6) is -1.35. The second-order valence-corrected chi connectivity index (χ2v) is 6.33. The minimum atomic E-state index is -0.619. The number of halogens is 1. The van der Waals surface area contributed by atoms with Crippen molar-refractivity contribution in [1.29, 1.82) is 0 Å². The third kappa shape index (κ3) is 3.77. The van der Waals surface area contributed by atoms with Crippen molar-refractivity contribution < 1.29 is 14.0 Å². The lowest BCUT2D eigenvalue weighted by molar-refractivity contribution is 0.0999. The standard InChI is InChI=1S/C21H16FN5O2/c22-13-1-3-14(4-2-13)26-17-5-6-18(16-11-24-8-7-15(16)17)27-21(29)19-9-12(10-25-19)20(23)28/h1-11,25-26H,(H2,23,28)(H,27,29). The van der Waals surface area contributed by atoms with Crippen LogP contribution in [0.3, 0.4) is 0 Å². The van der Waals surface area contributed by atoms with Crippen molar-refractivity contribution in [1.82, 2.24) is 9.97 Å². The van der Waals surface area contributed by atoms with Crippen LogP contribution in [-0.4, -0.2) is 21.8 Å². The summed E-state index contributed by atoms with van der Waals surface area (Å²) < 4.78 is 13.1. The number of anilines is 3. The van der Waals surface area contributed by atoms with Crippen LogP contribution < -0.4 is 16.4 Å². The van der Waals surface area contributed by atoms with Gasteiger partial charge in [0, 0.05) is 40.7 Å². The highest BCUT2D eigenvalue weighted by molar-refractivity contribution is 6.11. The molecule has 0 saturated carbocycles. The number of rotatable bonds is 5. The average Bonchev–Trinajstić information content (AvgIpc) is 3.22. The van der Waals surface area contributed by atoms with E-state index in [1.54, 1.807) is 30.6 Å². The number of carbonyl (C=O) groups excluding carboxylic acids is 2. The van der Waals surface area contributed by atoms with Crippen LogP contribution in [-0.2, 0) is 0 Å². The number of aromatic nitrogens is 2. The molecule has 2 aromatic carbocycles. The monoisotopic (exact) mass is 389 g/mol. The van der Waals surface area contributed by atoms with Gasteiger partial charge in [0.25, 0.3) is 5.91 Å². The molecule has 7 nitrogen and oxygen atoms in total.